The largest absolute Gasteiger partial charge is 0.399 e. The van der Waals surface area contributed by atoms with Crippen LogP contribution < -0.4 is 5.73 Å². The molecule has 3 N–H and O–H groups in total. The summed E-state index contributed by atoms with van der Waals surface area (Å²) in [7, 11) is 3.96. The normalized spacial score (nSPS) is 12.2. The Labute approximate surface area is 102 Å². The number of hydrogen-bond donors (Lipinski definition) is 2. The number of nitriles is 1. The van der Waals surface area contributed by atoms with Gasteiger partial charge in [0.1, 0.15) is 0 Å². The van der Waals surface area contributed by atoms with E-state index in [-0.39, 0.29) is 6.04 Å². The lowest BCUT2D eigenvalue weighted by Crippen LogP contribution is -2.27. The zero-order valence-corrected chi connectivity index (χ0v) is 10.5. The fourth-order valence-electron chi connectivity index (χ4n) is 1.51. The van der Waals surface area contributed by atoms with Crippen LogP contribution in [0.2, 0.25) is 0 Å². The van der Waals surface area contributed by atoms with E-state index < -0.39 is 0 Å². The number of nitrogens with two attached hydrogens (primary N) is 1. The fraction of sp³-hybridized carbons (Fsp3) is 0.385. The molecule has 0 aliphatic carbocycles. The zero-order valence-electron chi connectivity index (χ0n) is 10.5. The minimum atomic E-state index is 0.270. The molecule has 1 aromatic rings. The van der Waals surface area contributed by atoms with E-state index in [2.05, 4.69) is 17.9 Å². The molecule has 0 aromatic heterocycles. The molecule has 0 bridgehead atoms. The number of hydrogen-bond acceptors (Lipinski definition) is 4. The summed E-state index contributed by atoms with van der Waals surface area (Å²) in [4.78, 5) is 2.05. The van der Waals surface area contributed by atoms with Gasteiger partial charge in [-0.15, -0.1) is 0 Å². The Balaban J connectivity index is 2.94. The first kappa shape index (κ1) is 13.2. The maximum Gasteiger partial charge on any atom is 0.0999 e. The van der Waals surface area contributed by atoms with Gasteiger partial charge < -0.3 is 16.0 Å². The lowest BCUT2D eigenvalue weighted by atomic mass is 9.98. The van der Waals surface area contributed by atoms with Gasteiger partial charge in [-0.25, -0.2) is 0 Å². The van der Waals surface area contributed by atoms with Gasteiger partial charge in [-0.3, -0.25) is 0 Å². The molecule has 90 valence electrons. The quantitative estimate of drug-likeness (QED) is 0.612. The second kappa shape index (κ2) is 5.46. The first-order valence-electron chi connectivity index (χ1n) is 5.49. The fourth-order valence-corrected chi connectivity index (χ4v) is 1.51. The van der Waals surface area contributed by atoms with E-state index in [0.717, 1.165) is 0 Å². The minimum absolute atomic E-state index is 0.270. The van der Waals surface area contributed by atoms with Crippen molar-refractivity contribution < 1.29 is 0 Å². The second-order valence-electron chi connectivity index (χ2n) is 4.41. The Morgan fingerprint density at radius 3 is 2.71 bits per heavy atom. The lowest BCUT2D eigenvalue weighted by Gasteiger charge is -2.20. The van der Waals surface area contributed by atoms with Crippen LogP contribution >= 0.6 is 0 Å². The van der Waals surface area contributed by atoms with E-state index in [9.17, 15) is 0 Å². The molecular formula is C13H18N4. The summed E-state index contributed by atoms with van der Waals surface area (Å²) in [5.41, 5.74) is 7.80. The zero-order chi connectivity index (χ0) is 13.0. The predicted octanol–water partition coefficient (Wildman–Crippen LogP) is 1.85. The number of benzene rings is 1. The third-order valence-corrected chi connectivity index (χ3v) is 2.87. The van der Waals surface area contributed by atoms with Crippen LogP contribution in [0.25, 0.3) is 0 Å². The van der Waals surface area contributed by atoms with Gasteiger partial charge in [0.2, 0.25) is 0 Å². The van der Waals surface area contributed by atoms with Crippen LogP contribution in [-0.4, -0.2) is 30.7 Å². The topological polar surface area (TPSA) is 76.9 Å². The highest BCUT2D eigenvalue weighted by Crippen LogP contribution is 2.16. The van der Waals surface area contributed by atoms with E-state index in [0.29, 0.717) is 28.9 Å². The molecule has 0 amide bonds. The summed E-state index contributed by atoms with van der Waals surface area (Å²) in [5.74, 6) is 0. The molecule has 1 atom stereocenters. The van der Waals surface area contributed by atoms with Gasteiger partial charge in [-0.2, -0.15) is 5.26 Å². The van der Waals surface area contributed by atoms with Crippen molar-refractivity contribution in [3.8, 4) is 6.07 Å². The Bertz CT molecular complexity index is 457. The van der Waals surface area contributed by atoms with E-state index in [1.807, 2.05) is 14.1 Å². The van der Waals surface area contributed by atoms with Crippen LogP contribution in [-0.2, 0) is 0 Å². The van der Waals surface area contributed by atoms with E-state index >= 15 is 0 Å². The van der Waals surface area contributed by atoms with Gasteiger partial charge in [-0.1, -0.05) is 0 Å². The Hall–Kier alpha value is -1.86. The van der Waals surface area contributed by atoms with Gasteiger partial charge in [0.15, 0.2) is 0 Å². The van der Waals surface area contributed by atoms with Crippen molar-refractivity contribution in [1.82, 2.24) is 4.90 Å². The molecule has 0 spiro atoms. The van der Waals surface area contributed by atoms with Crippen molar-refractivity contribution in [2.75, 3.05) is 19.8 Å². The van der Waals surface area contributed by atoms with Crippen molar-refractivity contribution in [2.45, 2.75) is 19.4 Å². The maximum absolute atomic E-state index is 9.02. The minimum Gasteiger partial charge on any atom is -0.399 e. The molecule has 1 aromatic carbocycles. The van der Waals surface area contributed by atoms with Gasteiger partial charge in [0, 0.05) is 29.4 Å². The molecule has 0 heterocycles. The third kappa shape index (κ3) is 3.30. The maximum atomic E-state index is 9.02. The molecule has 1 rings (SSSR count). The van der Waals surface area contributed by atoms with Gasteiger partial charge >= 0.3 is 0 Å². The summed E-state index contributed by atoms with van der Waals surface area (Å²) in [5, 5.41) is 17.1. The second-order valence-corrected chi connectivity index (χ2v) is 4.41. The average molecular weight is 230 g/mol. The molecule has 17 heavy (non-hydrogen) atoms. The molecule has 0 saturated heterocycles. The molecular weight excluding hydrogens is 212 g/mol. The summed E-state index contributed by atoms with van der Waals surface area (Å²) < 4.78 is 0. The molecule has 1 unspecified atom stereocenters. The monoisotopic (exact) mass is 230 g/mol. The third-order valence-electron chi connectivity index (χ3n) is 2.87. The van der Waals surface area contributed by atoms with Crippen LogP contribution in [0, 0.1) is 16.7 Å². The molecule has 4 nitrogen and oxygen atoms in total. The highest BCUT2D eigenvalue weighted by atomic mass is 15.1. The number of nitrogens with zero attached hydrogens (tertiary/aromatic N) is 2. The number of rotatable bonds is 4. The number of nitrogens with one attached hydrogen (secondary N) is 1. The summed E-state index contributed by atoms with van der Waals surface area (Å²) in [6, 6.07) is 7.45. The van der Waals surface area contributed by atoms with E-state index in [4.69, 9.17) is 16.4 Å². The van der Waals surface area contributed by atoms with Crippen LogP contribution in [0.3, 0.4) is 0 Å². The van der Waals surface area contributed by atoms with Crippen molar-refractivity contribution in [3.63, 3.8) is 0 Å². The molecule has 4 heteroatoms. The Morgan fingerprint density at radius 2 is 2.18 bits per heavy atom. The lowest BCUT2D eigenvalue weighted by molar-refractivity contribution is 0.321. The van der Waals surface area contributed by atoms with Crippen LogP contribution in [0.1, 0.15) is 24.5 Å². The van der Waals surface area contributed by atoms with Gasteiger partial charge in [-0.05, 0) is 39.2 Å². The van der Waals surface area contributed by atoms with E-state index in [1.54, 1.807) is 18.2 Å². The molecule has 0 aliphatic heterocycles. The highest BCUT2D eigenvalue weighted by Gasteiger charge is 2.13. The smallest absolute Gasteiger partial charge is 0.0999 e. The average Bonchev–Trinajstić information content (AvgIpc) is 2.28. The first-order valence-corrected chi connectivity index (χ1v) is 5.49. The van der Waals surface area contributed by atoms with Crippen LogP contribution in [0.4, 0.5) is 5.69 Å². The van der Waals surface area contributed by atoms with Crippen molar-refractivity contribution in [1.29, 1.82) is 10.7 Å². The van der Waals surface area contributed by atoms with Crippen molar-refractivity contribution in [2.24, 2.45) is 0 Å². The Morgan fingerprint density at radius 1 is 1.53 bits per heavy atom. The summed E-state index contributed by atoms with van der Waals surface area (Å²) in [6.07, 6.45) is 0.617. The summed E-state index contributed by atoms with van der Waals surface area (Å²) in [6.45, 7) is 2.05. The standard InChI is InChI=1S/C13H18N4/c1-9(17(2)3)6-13(16)12-5-4-11(15)7-10(12)8-14/h4-5,7,9,16H,6,15H2,1-3H3. The van der Waals surface area contributed by atoms with Gasteiger partial charge in [0.05, 0.1) is 11.6 Å². The number of nitrogen functional groups attached to an aromatic ring is 1. The number of anilines is 1. The van der Waals surface area contributed by atoms with Crippen LogP contribution in [0.5, 0.6) is 0 Å². The van der Waals surface area contributed by atoms with E-state index in [1.165, 1.54) is 0 Å². The van der Waals surface area contributed by atoms with Crippen molar-refractivity contribution in [3.05, 3.63) is 29.3 Å². The van der Waals surface area contributed by atoms with Crippen molar-refractivity contribution >= 4 is 11.4 Å². The Kier molecular flexibility index (Phi) is 4.24. The van der Waals surface area contributed by atoms with Gasteiger partial charge in [0.25, 0.3) is 0 Å². The summed E-state index contributed by atoms with van der Waals surface area (Å²) >= 11 is 0. The molecule has 0 aliphatic rings. The highest BCUT2D eigenvalue weighted by molar-refractivity contribution is 6.01. The first-order chi connectivity index (χ1) is 7.95. The predicted molar refractivity (Wildman–Crippen MR) is 70.2 cm³/mol. The molecule has 0 radical (unpaired) electrons. The SMILES string of the molecule is CC(CC(=N)c1ccc(N)cc1C#N)N(C)C. The molecule has 0 fully saturated rings. The van der Waals surface area contributed by atoms with Crippen LogP contribution in [0.15, 0.2) is 18.2 Å². The molecule has 0 saturated carbocycles.